The zero-order valence-corrected chi connectivity index (χ0v) is 21.1. The molecule has 1 amide bonds. The Kier molecular flexibility index (Phi) is 7.86. The van der Waals surface area contributed by atoms with Crippen LogP contribution in [-0.2, 0) is 4.79 Å². The lowest BCUT2D eigenvalue weighted by molar-refractivity contribution is -0.122. The van der Waals surface area contributed by atoms with E-state index in [1.165, 1.54) is 31.0 Å². The van der Waals surface area contributed by atoms with E-state index in [9.17, 15) is 9.59 Å². The van der Waals surface area contributed by atoms with E-state index in [2.05, 4.69) is 11.8 Å². The summed E-state index contributed by atoms with van der Waals surface area (Å²) in [5.74, 6) is 0.539. The fourth-order valence-electron chi connectivity index (χ4n) is 4.65. The van der Waals surface area contributed by atoms with Gasteiger partial charge in [-0.3, -0.25) is 18.9 Å². The molecule has 0 spiro atoms. The molecule has 0 radical (unpaired) electrons. The molecule has 0 bridgehead atoms. The van der Waals surface area contributed by atoms with Crippen LogP contribution in [0.3, 0.4) is 0 Å². The molecule has 0 unspecified atom stereocenters. The molecule has 176 valence electrons. The third kappa shape index (κ3) is 5.17. The molecule has 33 heavy (non-hydrogen) atoms. The van der Waals surface area contributed by atoms with Gasteiger partial charge in [0, 0.05) is 25.8 Å². The first-order valence-corrected chi connectivity index (χ1v) is 13.2. The maximum Gasteiger partial charge on any atom is 0.267 e. The number of unbranched alkanes of at least 4 members (excludes halogenated alkanes) is 3. The lowest BCUT2D eigenvalue weighted by Crippen LogP contribution is -2.36. The summed E-state index contributed by atoms with van der Waals surface area (Å²) in [6, 6.07) is 5.89. The summed E-state index contributed by atoms with van der Waals surface area (Å²) < 4.78 is 2.12. The summed E-state index contributed by atoms with van der Waals surface area (Å²) in [6.45, 7) is 2.80. The van der Waals surface area contributed by atoms with Crippen molar-refractivity contribution in [3.8, 4) is 0 Å². The lowest BCUT2D eigenvalue weighted by Gasteiger charge is -2.33. The van der Waals surface area contributed by atoms with Crippen molar-refractivity contribution in [1.29, 1.82) is 0 Å². The summed E-state index contributed by atoms with van der Waals surface area (Å²) in [7, 11) is 2.02. The van der Waals surface area contributed by atoms with Gasteiger partial charge in [0.05, 0.1) is 10.5 Å². The van der Waals surface area contributed by atoms with Crippen molar-refractivity contribution < 1.29 is 4.79 Å². The van der Waals surface area contributed by atoms with E-state index in [0.717, 1.165) is 38.5 Å². The van der Waals surface area contributed by atoms with Crippen molar-refractivity contribution in [3.05, 3.63) is 45.2 Å². The van der Waals surface area contributed by atoms with E-state index in [1.54, 1.807) is 21.6 Å². The third-order valence-corrected chi connectivity index (χ3v) is 7.97. The number of nitrogens with zero attached hydrogens (tertiary/aromatic N) is 4. The van der Waals surface area contributed by atoms with Crippen LogP contribution >= 0.6 is 24.0 Å². The Morgan fingerprint density at radius 1 is 1.18 bits per heavy atom. The molecule has 2 aromatic heterocycles. The van der Waals surface area contributed by atoms with Gasteiger partial charge in [0.15, 0.2) is 0 Å². The standard InChI is InChI=1S/C25H32N4O2S2/c1-3-4-5-10-16-29-24(31)20(33-25(29)32)17-19-22(27(2)18-12-7-6-8-13-18)26-21-14-9-11-15-28(21)23(19)30/h9,11,14-15,17-18H,3-8,10,12-13,16H2,1-2H3/b20-17+. The molecule has 8 heteroatoms. The molecule has 4 rings (SSSR count). The highest BCUT2D eigenvalue weighted by Crippen LogP contribution is 2.34. The van der Waals surface area contributed by atoms with E-state index >= 15 is 0 Å². The quantitative estimate of drug-likeness (QED) is 0.290. The van der Waals surface area contributed by atoms with Crippen LogP contribution in [0.2, 0.25) is 0 Å². The highest BCUT2D eigenvalue weighted by Gasteiger charge is 2.33. The fourth-order valence-corrected chi connectivity index (χ4v) is 5.94. The largest absolute Gasteiger partial charge is 0.356 e. The minimum Gasteiger partial charge on any atom is -0.356 e. The minimum atomic E-state index is -0.161. The first-order chi connectivity index (χ1) is 16.0. The second-order valence-electron chi connectivity index (χ2n) is 8.88. The van der Waals surface area contributed by atoms with Gasteiger partial charge in [-0.2, -0.15) is 0 Å². The molecule has 3 heterocycles. The van der Waals surface area contributed by atoms with Crippen LogP contribution in [0.15, 0.2) is 34.1 Å². The topological polar surface area (TPSA) is 57.9 Å². The number of carbonyl (C=O) groups is 1. The Morgan fingerprint density at radius 2 is 1.97 bits per heavy atom. The van der Waals surface area contributed by atoms with E-state index in [1.807, 2.05) is 25.2 Å². The van der Waals surface area contributed by atoms with Crippen LogP contribution in [0.4, 0.5) is 5.82 Å². The molecule has 2 fully saturated rings. The number of amides is 1. The number of hydrogen-bond donors (Lipinski definition) is 0. The van der Waals surface area contributed by atoms with Crippen LogP contribution in [-0.4, -0.2) is 44.1 Å². The Morgan fingerprint density at radius 3 is 2.73 bits per heavy atom. The third-order valence-electron chi connectivity index (χ3n) is 6.59. The van der Waals surface area contributed by atoms with Crippen LogP contribution in [0.25, 0.3) is 11.7 Å². The van der Waals surface area contributed by atoms with Crippen LogP contribution in [0.1, 0.15) is 70.3 Å². The molecule has 0 aromatic carbocycles. The zero-order chi connectivity index (χ0) is 23.4. The van der Waals surface area contributed by atoms with Gasteiger partial charge in [-0.15, -0.1) is 0 Å². The number of aromatic nitrogens is 2. The Balaban J connectivity index is 1.71. The second-order valence-corrected chi connectivity index (χ2v) is 10.6. The molecular formula is C25H32N4O2S2. The summed E-state index contributed by atoms with van der Waals surface area (Å²) in [6.07, 6.45) is 13.6. The predicted molar refractivity (Wildman–Crippen MR) is 141 cm³/mol. The van der Waals surface area contributed by atoms with Gasteiger partial charge in [0.25, 0.3) is 11.5 Å². The molecular weight excluding hydrogens is 452 g/mol. The van der Waals surface area contributed by atoms with E-state index in [0.29, 0.717) is 38.8 Å². The van der Waals surface area contributed by atoms with Crippen molar-refractivity contribution in [3.63, 3.8) is 0 Å². The lowest BCUT2D eigenvalue weighted by atomic mass is 9.94. The molecule has 0 atom stereocenters. The molecule has 2 aromatic rings. The average Bonchev–Trinajstić information content (AvgIpc) is 3.10. The number of anilines is 1. The molecule has 1 saturated carbocycles. The number of fused-ring (bicyclic) bond motifs is 1. The molecule has 1 saturated heterocycles. The maximum atomic E-state index is 13.5. The Hall–Kier alpha value is -2.19. The molecule has 1 aliphatic carbocycles. The maximum absolute atomic E-state index is 13.5. The van der Waals surface area contributed by atoms with Crippen LogP contribution in [0, 0.1) is 0 Å². The van der Waals surface area contributed by atoms with Gasteiger partial charge in [0.1, 0.15) is 15.8 Å². The van der Waals surface area contributed by atoms with Gasteiger partial charge < -0.3 is 4.90 Å². The molecule has 2 aliphatic rings. The Bertz CT molecular complexity index is 1120. The van der Waals surface area contributed by atoms with Crippen LogP contribution < -0.4 is 10.5 Å². The van der Waals surface area contributed by atoms with E-state index < -0.39 is 0 Å². The first kappa shape index (κ1) is 24.0. The molecule has 6 nitrogen and oxygen atoms in total. The summed E-state index contributed by atoms with van der Waals surface area (Å²) >= 11 is 6.79. The minimum absolute atomic E-state index is 0.106. The van der Waals surface area contributed by atoms with Gasteiger partial charge in [0.2, 0.25) is 0 Å². The first-order valence-electron chi connectivity index (χ1n) is 12.0. The highest BCUT2D eigenvalue weighted by atomic mass is 32.2. The van der Waals surface area contributed by atoms with E-state index in [4.69, 9.17) is 17.2 Å². The van der Waals surface area contributed by atoms with Crippen LogP contribution in [0.5, 0.6) is 0 Å². The normalized spacial score (nSPS) is 18.6. The van der Waals surface area contributed by atoms with Crippen molar-refractivity contribution in [2.24, 2.45) is 0 Å². The molecule has 1 aliphatic heterocycles. The van der Waals surface area contributed by atoms with Gasteiger partial charge in [-0.25, -0.2) is 4.98 Å². The van der Waals surface area contributed by atoms with E-state index in [-0.39, 0.29) is 11.5 Å². The monoisotopic (exact) mass is 484 g/mol. The predicted octanol–water partition coefficient (Wildman–Crippen LogP) is 5.24. The van der Waals surface area contributed by atoms with Gasteiger partial charge in [-0.05, 0) is 37.5 Å². The molecule has 0 N–H and O–H groups in total. The van der Waals surface area contributed by atoms with Gasteiger partial charge >= 0.3 is 0 Å². The van der Waals surface area contributed by atoms with Gasteiger partial charge in [-0.1, -0.05) is 75.5 Å². The summed E-state index contributed by atoms with van der Waals surface area (Å²) in [4.78, 5) is 35.9. The Labute approximate surface area is 205 Å². The van der Waals surface area contributed by atoms with Crippen molar-refractivity contribution in [2.45, 2.75) is 70.8 Å². The number of carbonyl (C=O) groups excluding carboxylic acids is 1. The van der Waals surface area contributed by atoms with Crippen molar-refractivity contribution >= 4 is 51.7 Å². The average molecular weight is 485 g/mol. The van der Waals surface area contributed by atoms with Crippen molar-refractivity contribution in [1.82, 2.24) is 14.3 Å². The number of rotatable bonds is 8. The number of thiocarbonyl (C=S) groups is 1. The summed E-state index contributed by atoms with van der Waals surface area (Å²) in [5.41, 5.74) is 0.908. The number of pyridine rings is 1. The number of hydrogen-bond acceptors (Lipinski definition) is 6. The summed E-state index contributed by atoms with van der Waals surface area (Å²) in [5, 5.41) is 0. The smallest absolute Gasteiger partial charge is 0.267 e. The fraction of sp³-hybridized carbons (Fsp3) is 0.520. The van der Waals surface area contributed by atoms with Crippen molar-refractivity contribution in [2.75, 3.05) is 18.5 Å². The highest BCUT2D eigenvalue weighted by molar-refractivity contribution is 8.26. The SMILES string of the molecule is CCCCCCN1C(=O)/C(=C\c2c(N(C)C3CCCCC3)nc3ccccn3c2=O)SC1=S. The zero-order valence-electron chi connectivity index (χ0n) is 19.5. The second kappa shape index (κ2) is 10.8. The number of thioether (sulfide) groups is 1.